The van der Waals surface area contributed by atoms with Crippen molar-refractivity contribution in [1.29, 1.82) is 0 Å². The summed E-state index contributed by atoms with van der Waals surface area (Å²) in [7, 11) is -3.70. The lowest BCUT2D eigenvalue weighted by Gasteiger charge is -2.23. The average molecular weight is 423 g/mol. The number of sulfonamides is 1. The zero-order chi connectivity index (χ0) is 21.7. The van der Waals surface area contributed by atoms with Crippen LogP contribution in [0.2, 0.25) is 0 Å². The number of anilines is 1. The number of halogens is 1. The lowest BCUT2D eigenvalue weighted by Crippen LogP contribution is -2.41. The van der Waals surface area contributed by atoms with Crippen LogP contribution in [0, 0.1) is 5.82 Å². The topological polar surface area (TPSA) is 75.7 Å². The zero-order valence-corrected chi connectivity index (χ0v) is 17.9. The van der Waals surface area contributed by atoms with E-state index in [-0.39, 0.29) is 24.3 Å². The van der Waals surface area contributed by atoms with Gasteiger partial charge in [0.1, 0.15) is 24.7 Å². The molecule has 8 heteroatoms. The quantitative estimate of drug-likeness (QED) is 0.664. The third-order valence-corrected chi connectivity index (χ3v) is 5.32. The number of para-hydroxylation sites is 1. The van der Waals surface area contributed by atoms with Gasteiger partial charge in [-0.1, -0.05) is 39.0 Å². The number of benzene rings is 2. The number of ether oxygens (including phenoxy) is 1. The second-order valence-electron chi connectivity index (χ2n) is 7.69. The number of hydrogen-bond acceptors (Lipinski definition) is 4. The molecule has 0 fully saturated rings. The van der Waals surface area contributed by atoms with E-state index >= 15 is 0 Å². The fourth-order valence-corrected chi connectivity index (χ4v) is 3.61. The highest BCUT2D eigenvalue weighted by Gasteiger charge is 2.21. The monoisotopic (exact) mass is 422 g/mol. The summed E-state index contributed by atoms with van der Waals surface area (Å²) in [5.41, 5.74) is 1.20. The van der Waals surface area contributed by atoms with E-state index in [1.807, 2.05) is 24.3 Å². The first-order valence-electron chi connectivity index (χ1n) is 9.21. The molecular weight excluding hydrogens is 395 g/mol. The minimum Gasteiger partial charge on any atom is -0.491 e. The lowest BCUT2D eigenvalue weighted by atomic mass is 9.86. The Hall–Kier alpha value is -2.61. The maximum Gasteiger partial charge on any atom is 0.240 e. The fourth-order valence-electron chi connectivity index (χ4n) is 2.76. The van der Waals surface area contributed by atoms with Crippen LogP contribution in [0.25, 0.3) is 0 Å². The minimum atomic E-state index is -3.70. The van der Waals surface area contributed by atoms with Crippen LogP contribution in [0.4, 0.5) is 10.1 Å². The van der Waals surface area contributed by atoms with E-state index < -0.39 is 28.3 Å². The fraction of sp³-hybridized carbons (Fsp3) is 0.381. The summed E-state index contributed by atoms with van der Waals surface area (Å²) in [6, 6.07) is 12.6. The van der Waals surface area contributed by atoms with Crippen LogP contribution in [0.3, 0.4) is 0 Å². The van der Waals surface area contributed by atoms with E-state index in [0.717, 1.165) is 34.0 Å². The maximum absolute atomic E-state index is 13.1. The number of nitrogens with zero attached hydrogens (tertiary/aromatic N) is 1. The summed E-state index contributed by atoms with van der Waals surface area (Å²) in [4.78, 5) is 12.2. The second kappa shape index (κ2) is 9.26. The molecule has 2 rings (SSSR count). The maximum atomic E-state index is 13.1. The molecule has 0 radical (unpaired) electrons. The van der Waals surface area contributed by atoms with Crippen LogP contribution in [0.15, 0.2) is 48.5 Å². The van der Waals surface area contributed by atoms with Gasteiger partial charge in [0.15, 0.2) is 0 Å². The Morgan fingerprint density at radius 1 is 1.10 bits per heavy atom. The van der Waals surface area contributed by atoms with Crippen LogP contribution in [-0.2, 0) is 20.2 Å². The molecular formula is C21H27FN2O4S. The van der Waals surface area contributed by atoms with Crippen LogP contribution in [-0.4, -0.2) is 40.3 Å². The highest BCUT2D eigenvalue weighted by molar-refractivity contribution is 7.92. The molecule has 1 amide bonds. The largest absolute Gasteiger partial charge is 0.491 e. The number of carbonyl (C=O) groups is 1. The molecule has 0 aliphatic heterocycles. The molecule has 0 unspecified atom stereocenters. The van der Waals surface area contributed by atoms with Gasteiger partial charge >= 0.3 is 0 Å². The Bertz CT molecular complexity index is 938. The Labute approximate surface area is 171 Å². The molecule has 2 aromatic rings. The molecule has 29 heavy (non-hydrogen) atoms. The van der Waals surface area contributed by atoms with E-state index in [9.17, 15) is 17.6 Å². The van der Waals surface area contributed by atoms with E-state index in [2.05, 4.69) is 26.1 Å². The predicted octanol–water partition coefficient (Wildman–Crippen LogP) is 3.08. The van der Waals surface area contributed by atoms with E-state index in [1.165, 1.54) is 12.1 Å². The van der Waals surface area contributed by atoms with Gasteiger partial charge in [-0.25, -0.2) is 12.8 Å². The molecule has 0 saturated heterocycles. The summed E-state index contributed by atoms with van der Waals surface area (Å²) >= 11 is 0. The third kappa shape index (κ3) is 6.74. The van der Waals surface area contributed by atoms with Gasteiger partial charge in [0, 0.05) is 0 Å². The van der Waals surface area contributed by atoms with Crippen LogP contribution in [0.1, 0.15) is 26.3 Å². The Kier molecular flexibility index (Phi) is 7.24. The summed E-state index contributed by atoms with van der Waals surface area (Å²) < 4.78 is 43.9. The smallest absolute Gasteiger partial charge is 0.240 e. The van der Waals surface area contributed by atoms with Crippen LogP contribution >= 0.6 is 0 Å². The van der Waals surface area contributed by atoms with Crippen molar-refractivity contribution in [3.63, 3.8) is 0 Å². The number of amides is 1. The summed E-state index contributed by atoms with van der Waals surface area (Å²) in [6.45, 7) is 6.33. The number of carbonyl (C=O) groups excluding carboxylic acids is 1. The number of nitrogens with one attached hydrogen (secondary N) is 1. The molecule has 0 aromatic heterocycles. The highest BCUT2D eigenvalue weighted by Crippen LogP contribution is 2.30. The van der Waals surface area contributed by atoms with Crippen molar-refractivity contribution in [2.24, 2.45) is 0 Å². The molecule has 2 aromatic carbocycles. The number of hydrogen-bond donors (Lipinski definition) is 1. The van der Waals surface area contributed by atoms with Crippen molar-refractivity contribution in [3.8, 4) is 5.75 Å². The average Bonchev–Trinajstić information content (AvgIpc) is 2.63. The molecule has 0 bridgehead atoms. The molecule has 6 nitrogen and oxygen atoms in total. The van der Waals surface area contributed by atoms with Crippen LogP contribution < -0.4 is 14.4 Å². The molecule has 0 atom stereocenters. The first-order chi connectivity index (χ1) is 13.5. The molecule has 158 valence electrons. The van der Waals surface area contributed by atoms with Crippen molar-refractivity contribution >= 4 is 21.6 Å². The van der Waals surface area contributed by atoms with Gasteiger partial charge in [-0.2, -0.15) is 0 Å². The standard InChI is InChI=1S/C21H27FN2O4S/c1-21(2,3)18-7-5-6-8-19(18)28-14-13-23-20(25)15-24(29(4,26)27)17-11-9-16(22)10-12-17/h5-12H,13-15H2,1-4H3,(H,23,25). The Morgan fingerprint density at radius 2 is 1.72 bits per heavy atom. The van der Waals surface area contributed by atoms with Gasteiger partial charge < -0.3 is 10.1 Å². The van der Waals surface area contributed by atoms with Crippen LogP contribution in [0.5, 0.6) is 5.75 Å². The molecule has 1 N–H and O–H groups in total. The number of rotatable bonds is 8. The summed E-state index contributed by atoms with van der Waals surface area (Å²) in [6.07, 6.45) is 0.996. The lowest BCUT2D eigenvalue weighted by molar-refractivity contribution is -0.119. The van der Waals surface area contributed by atoms with Crippen molar-refractivity contribution in [1.82, 2.24) is 5.32 Å². The molecule has 0 aliphatic carbocycles. The molecule has 0 heterocycles. The van der Waals surface area contributed by atoms with Gasteiger partial charge in [-0.15, -0.1) is 0 Å². The minimum absolute atomic E-state index is 0.0784. The zero-order valence-electron chi connectivity index (χ0n) is 17.1. The Balaban J connectivity index is 1.93. The summed E-state index contributed by atoms with van der Waals surface area (Å²) in [5, 5.41) is 2.65. The van der Waals surface area contributed by atoms with Gasteiger partial charge in [-0.3, -0.25) is 9.10 Å². The molecule has 0 aliphatic rings. The predicted molar refractivity (Wildman–Crippen MR) is 112 cm³/mol. The molecule has 0 spiro atoms. The van der Waals surface area contributed by atoms with Gasteiger partial charge in [0.2, 0.25) is 15.9 Å². The third-order valence-electron chi connectivity index (χ3n) is 4.18. The van der Waals surface area contributed by atoms with E-state index in [1.54, 1.807) is 0 Å². The first kappa shape index (κ1) is 22.7. The second-order valence-corrected chi connectivity index (χ2v) is 9.60. The van der Waals surface area contributed by atoms with Gasteiger partial charge in [0.05, 0.1) is 18.5 Å². The van der Waals surface area contributed by atoms with Crippen molar-refractivity contribution < 1.29 is 22.3 Å². The SMILES string of the molecule is CC(C)(C)c1ccccc1OCCNC(=O)CN(c1ccc(F)cc1)S(C)(=O)=O. The van der Waals surface area contributed by atoms with Crippen molar-refractivity contribution in [3.05, 3.63) is 59.9 Å². The normalized spacial score (nSPS) is 11.8. The molecule has 0 saturated carbocycles. The van der Waals surface area contributed by atoms with E-state index in [4.69, 9.17) is 4.74 Å². The summed E-state index contributed by atoms with van der Waals surface area (Å²) in [5.74, 6) is -0.217. The van der Waals surface area contributed by atoms with Gasteiger partial charge in [-0.05, 0) is 41.3 Å². The van der Waals surface area contributed by atoms with Gasteiger partial charge in [0.25, 0.3) is 0 Å². The Morgan fingerprint density at radius 3 is 2.31 bits per heavy atom. The van der Waals surface area contributed by atoms with Crippen molar-refractivity contribution in [2.75, 3.05) is 30.3 Å². The first-order valence-corrected chi connectivity index (χ1v) is 11.1. The highest BCUT2D eigenvalue weighted by atomic mass is 32.2. The van der Waals surface area contributed by atoms with Crippen molar-refractivity contribution in [2.45, 2.75) is 26.2 Å². The van der Waals surface area contributed by atoms with E-state index in [0.29, 0.717) is 0 Å².